The minimum absolute atomic E-state index is 0.0311. The number of rotatable bonds is 5. The highest BCUT2D eigenvalue weighted by molar-refractivity contribution is 5.82. The predicted octanol–water partition coefficient (Wildman–Crippen LogP) is 0.650. The summed E-state index contributed by atoms with van der Waals surface area (Å²) in [4.78, 5) is 38.2. The zero-order chi connectivity index (χ0) is 19.0. The molecule has 2 aromatic heterocycles. The molecule has 1 aliphatic heterocycles. The van der Waals surface area contributed by atoms with Gasteiger partial charge in [0, 0.05) is 25.9 Å². The highest BCUT2D eigenvalue weighted by Gasteiger charge is 2.41. The number of imidazole rings is 1. The Morgan fingerprint density at radius 2 is 2.07 bits per heavy atom. The molecule has 1 aliphatic rings. The molecule has 4 N–H and O–H groups in total. The van der Waals surface area contributed by atoms with Crippen molar-refractivity contribution in [2.45, 2.75) is 25.7 Å². The minimum Gasteiger partial charge on any atom is -0.369 e. The number of aromatic amines is 2. The van der Waals surface area contributed by atoms with E-state index in [0.717, 1.165) is 16.9 Å². The molecule has 2 amide bonds. The van der Waals surface area contributed by atoms with Crippen molar-refractivity contribution < 1.29 is 9.59 Å². The molecule has 0 saturated carbocycles. The molecule has 1 aromatic carbocycles. The Labute approximate surface area is 155 Å². The zero-order valence-corrected chi connectivity index (χ0v) is 15.0. The van der Waals surface area contributed by atoms with Gasteiger partial charge in [0.25, 0.3) is 0 Å². The lowest BCUT2D eigenvalue weighted by Gasteiger charge is -2.15. The van der Waals surface area contributed by atoms with Gasteiger partial charge in [-0.25, -0.2) is 9.97 Å². The summed E-state index contributed by atoms with van der Waals surface area (Å²) in [5.74, 6) is 0.757. The third-order valence-electron chi connectivity index (χ3n) is 5.00. The first-order valence-corrected chi connectivity index (χ1v) is 8.91. The van der Waals surface area contributed by atoms with Crippen LogP contribution in [0.15, 0.2) is 24.3 Å². The van der Waals surface area contributed by atoms with Crippen LogP contribution in [0.1, 0.15) is 29.8 Å². The number of fused-ring (bicyclic) bond motifs is 1. The van der Waals surface area contributed by atoms with Gasteiger partial charge < -0.3 is 15.6 Å². The van der Waals surface area contributed by atoms with Crippen molar-refractivity contribution in [1.82, 2.24) is 30.0 Å². The molecule has 9 heteroatoms. The highest BCUT2D eigenvalue weighted by atomic mass is 16.2. The number of hydrogen-bond donors (Lipinski definition) is 3. The lowest BCUT2D eigenvalue weighted by Crippen LogP contribution is -2.32. The maximum atomic E-state index is 12.7. The topological polar surface area (TPSA) is 134 Å². The fourth-order valence-electron chi connectivity index (χ4n) is 3.59. The molecule has 3 aromatic rings. The first kappa shape index (κ1) is 17.2. The van der Waals surface area contributed by atoms with Crippen molar-refractivity contribution in [3.63, 3.8) is 0 Å². The average Bonchev–Trinajstić information content (AvgIpc) is 3.36. The second-order valence-electron chi connectivity index (χ2n) is 6.89. The van der Waals surface area contributed by atoms with E-state index in [4.69, 9.17) is 5.73 Å². The summed E-state index contributed by atoms with van der Waals surface area (Å²) >= 11 is 0. The standard InChI is InChI=1S/C18H21N7O2/c1-10-20-18(24-23-10)12-9-25(8-11(12)17(19)27)16(26)7-6-15-21-13-4-2-3-5-14(13)22-15/h2-5,11-12H,6-9H2,1H3,(H2,19,27)(H,21,22)(H,20,23,24)/t11-,12-/m1/s1. The van der Waals surface area contributed by atoms with Crippen molar-refractivity contribution in [2.24, 2.45) is 11.7 Å². The molecular formula is C18H21N7O2. The molecule has 1 fully saturated rings. The fraction of sp³-hybridized carbons (Fsp3) is 0.389. The van der Waals surface area contributed by atoms with Crippen LogP contribution < -0.4 is 5.73 Å². The van der Waals surface area contributed by atoms with Gasteiger partial charge in [0.1, 0.15) is 11.6 Å². The van der Waals surface area contributed by atoms with Gasteiger partial charge >= 0.3 is 0 Å². The van der Waals surface area contributed by atoms with Crippen molar-refractivity contribution >= 4 is 22.8 Å². The van der Waals surface area contributed by atoms with Gasteiger partial charge in [-0.2, -0.15) is 5.10 Å². The first-order valence-electron chi connectivity index (χ1n) is 8.91. The van der Waals surface area contributed by atoms with E-state index in [2.05, 4.69) is 25.1 Å². The molecule has 0 radical (unpaired) electrons. The summed E-state index contributed by atoms with van der Waals surface area (Å²) in [7, 11) is 0. The second-order valence-corrected chi connectivity index (χ2v) is 6.89. The van der Waals surface area contributed by atoms with Gasteiger partial charge in [0.05, 0.1) is 22.9 Å². The number of nitrogens with two attached hydrogens (primary N) is 1. The zero-order valence-electron chi connectivity index (χ0n) is 15.0. The number of para-hydroxylation sites is 2. The Bertz CT molecular complexity index is 959. The van der Waals surface area contributed by atoms with Crippen LogP contribution in [0, 0.1) is 12.8 Å². The van der Waals surface area contributed by atoms with Crippen LogP contribution in [0.3, 0.4) is 0 Å². The van der Waals surface area contributed by atoms with E-state index >= 15 is 0 Å². The number of carbonyl (C=O) groups excluding carboxylic acids is 2. The van der Waals surface area contributed by atoms with Crippen molar-refractivity contribution in [2.75, 3.05) is 13.1 Å². The number of primary amides is 1. The number of likely N-dealkylation sites (tertiary alicyclic amines) is 1. The molecule has 0 spiro atoms. The molecular weight excluding hydrogens is 346 g/mol. The summed E-state index contributed by atoms with van der Waals surface area (Å²) in [6.45, 7) is 2.48. The van der Waals surface area contributed by atoms with Gasteiger partial charge in [-0.1, -0.05) is 12.1 Å². The number of nitrogens with zero attached hydrogens (tertiary/aromatic N) is 4. The Kier molecular flexibility index (Phi) is 4.35. The van der Waals surface area contributed by atoms with E-state index < -0.39 is 11.8 Å². The Morgan fingerprint density at radius 1 is 1.26 bits per heavy atom. The maximum absolute atomic E-state index is 12.7. The highest BCUT2D eigenvalue weighted by Crippen LogP contribution is 2.31. The molecule has 140 valence electrons. The molecule has 4 rings (SSSR count). The maximum Gasteiger partial charge on any atom is 0.223 e. The number of H-pyrrole nitrogens is 2. The van der Waals surface area contributed by atoms with Gasteiger partial charge in [0.2, 0.25) is 11.8 Å². The van der Waals surface area contributed by atoms with Crippen molar-refractivity contribution in [3.05, 3.63) is 41.7 Å². The first-order chi connectivity index (χ1) is 13.0. The van der Waals surface area contributed by atoms with E-state index in [1.165, 1.54) is 0 Å². The smallest absolute Gasteiger partial charge is 0.223 e. The quantitative estimate of drug-likeness (QED) is 0.609. The summed E-state index contributed by atoms with van der Waals surface area (Å²) in [5, 5.41) is 6.92. The largest absolute Gasteiger partial charge is 0.369 e. The van der Waals surface area contributed by atoms with E-state index in [1.807, 2.05) is 24.3 Å². The van der Waals surface area contributed by atoms with Gasteiger partial charge in [-0.3, -0.25) is 14.7 Å². The number of amides is 2. The molecule has 2 atom stereocenters. The molecule has 0 unspecified atom stereocenters. The average molecular weight is 367 g/mol. The molecule has 3 heterocycles. The lowest BCUT2D eigenvalue weighted by molar-refractivity contribution is -0.130. The van der Waals surface area contributed by atoms with Crippen LogP contribution in [-0.2, 0) is 16.0 Å². The van der Waals surface area contributed by atoms with E-state index in [9.17, 15) is 9.59 Å². The van der Waals surface area contributed by atoms with E-state index in [-0.39, 0.29) is 11.8 Å². The number of aromatic nitrogens is 5. The van der Waals surface area contributed by atoms with Crippen LogP contribution >= 0.6 is 0 Å². The molecule has 0 aliphatic carbocycles. The van der Waals surface area contributed by atoms with Gasteiger partial charge in [0.15, 0.2) is 5.82 Å². The fourth-order valence-corrected chi connectivity index (χ4v) is 3.59. The number of benzene rings is 1. The normalized spacial score (nSPS) is 19.7. The summed E-state index contributed by atoms with van der Waals surface area (Å²) in [6, 6.07) is 7.75. The summed E-state index contributed by atoms with van der Waals surface area (Å²) in [6.07, 6.45) is 0.820. The Balaban J connectivity index is 1.43. The third kappa shape index (κ3) is 3.40. The minimum atomic E-state index is -0.477. The van der Waals surface area contributed by atoms with Crippen LogP contribution in [-0.4, -0.2) is 55.0 Å². The van der Waals surface area contributed by atoms with E-state index in [1.54, 1.807) is 11.8 Å². The summed E-state index contributed by atoms with van der Waals surface area (Å²) < 4.78 is 0. The van der Waals surface area contributed by atoms with Crippen molar-refractivity contribution in [3.8, 4) is 0 Å². The Hall–Kier alpha value is -3.23. The number of nitrogens with one attached hydrogen (secondary N) is 2. The third-order valence-corrected chi connectivity index (χ3v) is 5.00. The number of hydrogen-bond acceptors (Lipinski definition) is 5. The van der Waals surface area contributed by atoms with Gasteiger partial charge in [-0.05, 0) is 19.1 Å². The molecule has 9 nitrogen and oxygen atoms in total. The lowest BCUT2D eigenvalue weighted by atomic mass is 9.95. The molecule has 27 heavy (non-hydrogen) atoms. The predicted molar refractivity (Wildman–Crippen MR) is 97.5 cm³/mol. The SMILES string of the molecule is Cc1nc([C@@H]2CN(C(=O)CCc3nc4ccccc4[nH]3)C[C@H]2C(N)=O)n[nH]1. The Morgan fingerprint density at radius 3 is 2.78 bits per heavy atom. The second kappa shape index (κ2) is 6.82. The van der Waals surface area contributed by atoms with Crippen LogP contribution in [0.5, 0.6) is 0 Å². The van der Waals surface area contributed by atoms with Crippen molar-refractivity contribution in [1.29, 1.82) is 0 Å². The van der Waals surface area contributed by atoms with Crippen LogP contribution in [0.2, 0.25) is 0 Å². The van der Waals surface area contributed by atoms with Gasteiger partial charge in [-0.15, -0.1) is 0 Å². The number of aryl methyl sites for hydroxylation is 2. The van der Waals surface area contributed by atoms with Crippen LogP contribution in [0.4, 0.5) is 0 Å². The molecule has 1 saturated heterocycles. The van der Waals surface area contributed by atoms with E-state index in [0.29, 0.717) is 37.6 Å². The number of carbonyl (C=O) groups is 2. The van der Waals surface area contributed by atoms with Crippen LogP contribution in [0.25, 0.3) is 11.0 Å². The molecule has 0 bridgehead atoms. The summed E-state index contributed by atoms with van der Waals surface area (Å²) in [5.41, 5.74) is 7.38. The monoisotopic (exact) mass is 367 g/mol.